The van der Waals surface area contributed by atoms with Crippen LogP contribution in [0.2, 0.25) is 0 Å². The minimum absolute atomic E-state index is 0. The molecule has 40 valence electrons. The summed E-state index contributed by atoms with van der Waals surface area (Å²) in [6, 6.07) is 0. The quantitative estimate of drug-likeness (QED) is 0.275. The molecule has 0 aliphatic carbocycles. The minimum atomic E-state index is 0. The molecule has 0 bridgehead atoms. The first-order valence-corrected chi connectivity index (χ1v) is 0. The Bertz CT molecular complexity index is 8.04. The Kier molecular flexibility index (Phi) is 3230. The Balaban J connectivity index is 0. The predicted molar refractivity (Wildman–Crippen MR) is 11.5 cm³/mol. The standard InChI is InChI=1S/Al.5FH.Sr/h;5*1H;/q+3;;;;;;+2/p-5. The van der Waals surface area contributed by atoms with Crippen LogP contribution in [0, 0.1) is 0 Å². The molecule has 0 saturated carbocycles. The zero-order valence-corrected chi connectivity index (χ0v) is 7.81. The van der Waals surface area contributed by atoms with Crippen molar-refractivity contribution in [2.45, 2.75) is 0 Å². The Morgan fingerprint density at radius 2 is 0.429 bits per heavy atom. The van der Waals surface area contributed by atoms with Crippen molar-refractivity contribution in [1.82, 2.24) is 0 Å². The van der Waals surface area contributed by atoms with Gasteiger partial charge in [-0.15, -0.1) is 0 Å². The van der Waals surface area contributed by atoms with Crippen LogP contribution in [0.15, 0.2) is 0 Å². The molecule has 0 aromatic rings. The van der Waals surface area contributed by atoms with Crippen molar-refractivity contribution in [2.75, 3.05) is 0 Å². The van der Waals surface area contributed by atoms with Gasteiger partial charge in [-0.2, -0.15) is 0 Å². The van der Waals surface area contributed by atoms with Crippen molar-refractivity contribution in [3.05, 3.63) is 0 Å². The second-order valence-corrected chi connectivity index (χ2v) is 0. The van der Waals surface area contributed by atoms with Gasteiger partial charge >= 0.3 is 62.8 Å². The van der Waals surface area contributed by atoms with E-state index in [0.717, 1.165) is 0 Å². The SMILES string of the molecule is [Al+3].[F-].[F-].[F-].[F-].[F-].[Sr+2]. The summed E-state index contributed by atoms with van der Waals surface area (Å²) in [5.74, 6) is 0. The molecule has 0 aliphatic rings. The number of hydrogen-bond acceptors (Lipinski definition) is 0. The van der Waals surface area contributed by atoms with Crippen molar-refractivity contribution >= 4 is 62.8 Å². The van der Waals surface area contributed by atoms with E-state index < -0.39 is 0 Å². The normalized spacial score (nSPS) is 0. The van der Waals surface area contributed by atoms with Gasteiger partial charge < -0.3 is 23.5 Å². The van der Waals surface area contributed by atoms with Gasteiger partial charge in [0, 0.05) is 0 Å². The molecule has 0 nitrogen and oxygen atoms in total. The molecular weight excluding hydrogens is 210 g/mol. The zero-order chi connectivity index (χ0) is 0. The van der Waals surface area contributed by atoms with Gasteiger partial charge in [-0.25, -0.2) is 0 Å². The monoisotopic (exact) mass is 210 g/mol. The summed E-state index contributed by atoms with van der Waals surface area (Å²) >= 11 is 0. The largest absolute Gasteiger partial charge is 3.00 e. The first-order chi connectivity index (χ1) is 0. The third kappa shape index (κ3) is 88.9. The Labute approximate surface area is 85.3 Å². The van der Waals surface area contributed by atoms with Crippen molar-refractivity contribution in [3.8, 4) is 0 Å². The maximum atomic E-state index is 0. The topological polar surface area (TPSA) is 0 Å². The molecular formula is AlF5Sr. The van der Waals surface area contributed by atoms with Gasteiger partial charge in [-0.3, -0.25) is 0 Å². The van der Waals surface area contributed by atoms with E-state index >= 15 is 0 Å². The van der Waals surface area contributed by atoms with Gasteiger partial charge in [-0.1, -0.05) is 0 Å². The second-order valence-electron chi connectivity index (χ2n) is 0. The summed E-state index contributed by atoms with van der Waals surface area (Å²) in [5, 5.41) is 0. The molecule has 0 saturated heterocycles. The average molecular weight is 210 g/mol. The summed E-state index contributed by atoms with van der Waals surface area (Å²) in [4.78, 5) is 0. The van der Waals surface area contributed by atoms with E-state index in [-0.39, 0.29) is 86.4 Å². The summed E-state index contributed by atoms with van der Waals surface area (Å²) < 4.78 is 0. The average Bonchev–Trinajstić information content (AvgIpc) is 0. The molecule has 0 atom stereocenters. The Hall–Kier alpha value is 1.66. The van der Waals surface area contributed by atoms with Crippen LogP contribution in [-0.4, -0.2) is 62.8 Å². The van der Waals surface area contributed by atoms with Crippen LogP contribution in [0.25, 0.3) is 0 Å². The summed E-state index contributed by atoms with van der Waals surface area (Å²) in [6.45, 7) is 0. The number of rotatable bonds is 0. The van der Waals surface area contributed by atoms with E-state index in [1.54, 1.807) is 0 Å². The van der Waals surface area contributed by atoms with Gasteiger partial charge in [0.15, 0.2) is 0 Å². The van der Waals surface area contributed by atoms with Crippen LogP contribution < -0.4 is 23.5 Å². The maximum absolute atomic E-state index is 0. The van der Waals surface area contributed by atoms with Gasteiger partial charge in [0.25, 0.3) is 0 Å². The van der Waals surface area contributed by atoms with Crippen LogP contribution in [0.5, 0.6) is 0 Å². The van der Waals surface area contributed by atoms with Crippen molar-refractivity contribution < 1.29 is 23.5 Å². The fourth-order valence-electron chi connectivity index (χ4n) is 0. The number of hydrogen-bond donors (Lipinski definition) is 0. The van der Waals surface area contributed by atoms with Gasteiger partial charge in [0.2, 0.25) is 0 Å². The molecule has 0 radical (unpaired) electrons. The molecule has 0 aliphatic heterocycles. The first kappa shape index (κ1) is 184. The van der Waals surface area contributed by atoms with Crippen molar-refractivity contribution in [3.63, 3.8) is 0 Å². The third-order valence-electron chi connectivity index (χ3n) is 0. The van der Waals surface area contributed by atoms with Crippen molar-refractivity contribution in [2.24, 2.45) is 0 Å². The predicted octanol–water partition coefficient (Wildman–Crippen LogP) is -15.7. The molecule has 0 N–H and O–H groups in total. The van der Waals surface area contributed by atoms with Crippen LogP contribution in [0.3, 0.4) is 0 Å². The van der Waals surface area contributed by atoms with E-state index in [1.807, 2.05) is 0 Å². The Morgan fingerprint density at radius 3 is 0.429 bits per heavy atom. The third-order valence-corrected chi connectivity index (χ3v) is 0. The molecule has 0 aromatic carbocycles. The van der Waals surface area contributed by atoms with Crippen LogP contribution in [0.1, 0.15) is 0 Å². The first-order valence-electron chi connectivity index (χ1n) is 0. The summed E-state index contributed by atoms with van der Waals surface area (Å²) in [7, 11) is 0. The van der Waals surface area contributed by atoms with Crippen molar-refractivity contribution in [1.29, 1.82) is 0 Å². The molecule has 0 amide bonds. The minimum Gasteiger partial charge on any atom is -1.00 e. The molecule has 0 fully saturated rings. The maximum Gasteiger partial charge on any atom is 3.00 e. The van der Waals surface area contributed by atoms with Crippen LogP contribution >= 0.6 is 0 Å². The molecule has 0 aromatic heterocycles. The zero-order valence-electron chi connectivity index (χ0n) is 3.17. The van der Waals surface area contributed by atoms with E-state index in [2.05, 4.69) is 0 Å². The molecule has 0 rings (SSSR count). The molecule has 0 heterocycles. The van der Waals surface area contributed by atoms with E-state index in [0.29, 0.717) is 0 Å². The van der Waals surface area contributed by atoms with Crippen LogP contribution in [0.4, 0.5) is 0 Å². The van der Waals surface area contributed by atoms with E-state index in [1.165, 1.54) is 0 Å². The molecule has 0 spiro atoms. The second kappa shape index (κ2) is 123. The summed E-state index contributed by atoms with van der Waals surface area (Å²) in [5.41, 5.74) is 0. The number of halogens is 5. The van der Waals surface area contributed by atoms with Gasteiger partial charge in [-0.05, 0) is 0 Å². The van der Waals surface area contributed by atoms with Gasteiger partial charge in [0.1, 0.15) is 0 Å². The molecule has 0 unspecified atom stereocenters. The van der Waals surface area contributed by atoms with Crippen LogP contribution in [-0.2, 0) is 0 Å². The fraction of sp³-hybridized carbons (Fsp3) is 0. The molecule has 7 heavy (non-hydrogen) atoms. The van der Waals surface area contributed by atoms with Gasteiger partial charge in [0.05, 0.1) is 0 Å². The summed E-state index contributed by atoms with van der Waals surface area (Å²) in [6.07, 6.45) is 0. The van der Waals surface area contributed by atoms with E-state index in [9.17, 15) is 0 Å². The van der Waals surface area contributed by atoms with E-state index in [4.69, 9.17) is 0 Å². The molecule has 7 heteroatoms. The smallest absolute Gasteiger partial charge is 1.00 e. The fourth-order valence-corrected chi connectivity index (χ4v) is 0. The Morgan fingerprint density at radius 1 is 0.429 bits per heavy atom.